The van der Waals surface area contributed by atoms with Gasteiger partial charge in [-0.15, -0.1) is 0 Å². The third-order valence-electron chi connectivity index (χ3n) is 3.30. The van der Waals surface area contributed by atoms with Gasteiger partial charge in [0.1, 0.15) is 0 Å². The monoisotopic (exact) mass is 308 g/mol. The molecule has 0 saturated carbocycles. The van der Waals surface area contributed by atoms with Gasteiger partial charge in [-0.25, -0.2) is 0 Å². The van der Waals surface area contributed by atoms with Crippen molar-refractivity contribution in [3.8, 4) is 0 Å². The van der Waals surface area contributed by atoms with Crippen LogP contribution in [0.5, 0.6) is 0 Å². The summed E-state index contributed by atoms with van der Waals surface area (Å²) in [5, 5.41) is 11.2. The van der Waals surface area contributed by atoms with Gasteiger partial charge in [-0.2, -0.15) is 0 Å². The quantitative estimate of drug-likeness (QED) is 0.838. The Bertz CT molecular complexity index is 581. The smallest absolute Gasteiger partial charge is 0.0595 e. The molecule has 1 atom stereocenters. The largest absolute Gasteiger partial charge is 0.393 e. The van der Waals surface area contributed by atoms with E-state index in [0.29, 0.717) is 16.5 Å². The molecule has 0 aromatic heterocycles. The molecule has 3 heteroatoms. The van der Waals surface area contributed by atoms with Crippen molar-refractivity contribution >= 4 is 23.2 Å². The molecule has 2 aromatic rings. The van der Waals surface area contributed by atoms with Crippen molar-refractivity contribution in [3.05, 3.63) is 69.2 Å². The lowest BCUT2D eigenvalue weighted by Gasteiger charge is -2.11. The van der Waals surface area contributed by atoms with Crippen LogP contribution in [-0.4, -0.2) is 11.2 Å². The first-order valence-corrected chi connectivity index (χ1v) is 7.48. The highest BCUT2D eigenvalue weighted by atomic mass is 35.5. The van der Waals surface area contributed by atoms with E-state index in [1.54, 1.807) is 6.07 Å². The molecule has 0 aliphatic heterocycles. The molecule has 0 spiro atoms. The predicted octanol–water partition coefficient (Wildman–Crippen LogP) is 4.84. The number of aliphatic hydroxyl groups is 1. The lowest BCUT2D eigenvalue weighted by molar-refractivity contribution is 0.165. The van der Waals surface area contributed by atoms with Crippen molar-refractivity contribution in [1.29, 1.82) is 0 Å². The van der Waals surface area contributed by atoms with Gasteiger partial charge in [0.15, 0.2) is 0 Å². The van der Waals surface area contributed by atoms with Crippen LogP contribution < -0.4 is 0 Å². The zero-order valence-corrected chi connectivity index (χ0v) is 13.0. The number of benzene rings is 2. The summed E-state index contributed by atoms with van der Waals surface area (Å²) in [6, 6.07) is 13.9. The standard InChI is InChI=1S/C17H18Cl2O/c1-12-3-2-4-13(9-12)5-7-15(20)10-14-6-8-16(18)17(19)11-14/h2-4,6,8-9,11,15,20H,5,7,10H2,1H3. The highest BCUT2D eigenvalue weighted by Crippen LogP contribution is 2.23. The molecule has 0 aliphatic rings. The maximum atomic E-state index is 10.1. The van der Waals surface area contributed by atoms with Crippen LogP contribution in [0.25, 0.3) is 0 Å². The van der Waals surface area contributed by atoms with E-state index in [1.807, 2.05) is 12.1 Å². The van der Waals surface area contributed by atoms with Gasteiger partial charge in [0.25, 0.3) is 0 Å². The molecule has 0 bridgehead atoms. The van der Waals surface area contributed by atoms with Gasteiger partial charge in [-0.1, -0.05) is 59.1 Å². The zero-order valence-electron chi connectivity index (χ0n) is 11.4. The van der Waals surface area contributed by atoms with Gasteiger partial charge in [-0.05, 0) is 49.4 Å². The number of aryl methyl sites for hydroxylation is 2. The van der Waals surface area contributed by atoms with Crippen molar-refractivity contribution in [1.82, 2.24) is 0 Å². The molecular formula is C17H18Cl2O. The summed E-state index contributed by atoms with van der Waals surface area (Å²) in [6.07, 6.45) is 1.85. The summed E-state index contributed by atoms with van der Waals surface area (Å²) in [7, 11) is 0. The first kappa shape index (κ1) is 15.4. The van der Waals surface area contributed by atoms with Gasteiger partial charge >= 0.3 is 0 Å². The highest BCUT2D eigenvalue weighted by molar-refractivity contribution is 6.42. The van der Waals surface area contributed by atoms with Crippen LogP contribution in [0.15, 0.2) is 42.5 Å². The van der Waals surface area contributed by atoms with Crippen LogP contribution in [0.3, 0.4) is 0 Å². The molecule has 20 heavy (non-hydrogen) atoms. The molecule has 0 radical (unpaired) electrons. The van der Waals surface area contributed by atoms with E-state index in [9.17, 15) is 5.11 Å². The summed E-state index contributed by atoms with van der Waals surface area (Å²) >= 11 is 11.9. The third-order valence-corrected chi connectivity index (χ3v) is 4.04. The van der Waals surface area contributed by atoms with Crippen LogP contribution >= 0.6 is 23.2 Å². The second kappa shape index (κ2) is 7.12. The van der Waals surface area contributed by atoms with Crippen molar-refractivity contribution in [2.45, 2.75) is 32.3 Å². The predicted molar refractivity (Wildman–Crippen MR) is 85.7 cm³/mol. The van der Waals surface area contributed by atoms with Gasteiger partial charge in [0, 0.05) is 0 Å². The van der Waals surface area contributed by atoms with Crippen molar-refractivity contribution in [2.75, 3.05) is 0 Å². The fourth-order valence-electron chi connectivity index (χ4n) is 2.24. The second-order valence-electron chi connectivity index (χ2n) is 5.13. The number of aliphatic hydroxyl groups excluding tert-OH is 1. The molecule has 0 fully saturated rings. The Hall–Kier alpha value is -1.02. The molecule has 2 rings (SSSR count). The van der Waals surface area contributed by atoms with Crippen molar-refractivity contribution in [2.24, 2.45) is 0 Å². The molecular weight excluding hydrogens is 291 g/mol. The molecule has 1 nitrogen and oxygen atoms in total. The van der Waals surface area contributed by atoms with Crippen LogP contribution in [-0.2, 0) is 12.8 Å². The molecule has 2 aromatic carbocycles. The number of rotatable bonds is 5. The van der Waals surface area contributed by atoms with Crippen LogP contribution in [0.4, 0.5) is 0 Å². The molecule has 106 valence electrons. The van der Waals surface area contributed by atoms with Gasteiger partial charge < -0.3 is 5.11 Å². The van der Waals surface area contributed by atoms with Crippen LogP contribution in [0.1, 0.15) is 23.1 Å². The van der Waals surface area contributed by atoms with E-state index >= 15 is 0 Å². The van der Waals surface area contributed by atoms with E-state index in [2.05, 4.69) is 31.2 Å². The lowest BCUT2D eigenvalue weighted by Crippen LogP contribution is -2.11. The van der Waals surface area contributed by atoms with Crippen LogP contribution in [0.2, 0.25) is 10.0 Å². The maximum Gasteiger partial charge on any atom is 0.0595 e. The van der Waals surface area contributed by atoms with Crippen LogP contribution in [0, 0.1) is 6.92 Å². The molecule has 0 saturated heterocycles. The van der Waals surface area contributed by atoms with Crippen molar-refractivity contribution in [3.63, 3.8) is 0 Å². The topological polar surface area (TPSA) is 20.2 Å². The van der Waals surface area contributed by atoms with E-state index < -0.39 is 0 Å². The fourth-order valence-corrected chi connectivity index (χ4v) is 2.56. The van der Waals surface area contributed by atoms with Gasteiger partial charge in [0.05, 0.1) is 16.1 Å². The average Bonchev–Trinajstić information content (AvgIpc) is 2.41. The summed E-state index contributed by atoms with van der Waals surface area (Å²) < 4.78 is 0. The average molecular weight is 309 g/mol. The Labute approximate surface area is 130 Å². The summed E-state index contributed by atoms with van der Waals surface area (Å²) in [5.74, 6) is 0. The molecule has 1 unspecified atom stereocenters. The van der Waals surface area contributed by atoms with E-state index in [0.717, 1.165) is 18.4 Å². The minimum atomic E-state index is -0.368. The normalized spacial score (nSPS) is 12.4. The molecule has 0 heterocycles. The maximum absolute atomic E-state index is 10.1. The number of halogens is 2. The lowest BCUT2D eigenvalue weighted by atomic mass is 10.0. The minimum absolute atomic E-state index is 0.368. The summed E-state index contributed by atoms with van der Waals surface area (Å²) in [4.78, 5) is 0. The Balaban J connectivity index is 1.89. The third kappa shape index (κ3) is 4.52. The summed E-state index contributed by atoms with van der Waals surface area (Å²) in [6.45, 7) is 2.08. The first-order valence-electron chi connectivity index (χ1n) is 6.72. The highest BCUT2D eigenvalue weighted by Gasteiger charge is 2.08. The van der Waals surface area contributed by atoms with E-state index in [-0.39, 0.29) is 6.10 Å². The molecule has 0 aliphatic carbocycles. The first-order chi connectivity index (χ1) is 9.54. The van der Waals surface area contributed by atoms with E-state index in [1.165, 1.54) is 11.1 Å². The minimum Gasteiger partial charge on any atom is -0.393 e. The van der Waals surface area contributed by atoms with Gasteiger partial charge in [0.2, 0.25) is 0 Å². The Kier molecular flexibility index (Phi) is 5.47. The fraction of sp³-hybridized carbons (Fsp3) is 0.294. The van der Waals surface area contributed by atoms with E-state index in [4.69, 9.17) is 23.2 Å². The summed E-state index contributed by atoms with van der Waals surface area (Å²) in [5.41, 5.74) is 3.52. The van der Waals surface area contributed by atoms with Gasteiger partial charge in [-0.3, -0.25) is 0 Å². The Morgan fingerprint density at radius 1 is 1.00 bits per heavy atom. The molecule has 1 N–H and O–H groups in total. The molecule has 0 amide bonds. The Morgan fingerprint density at radius 3 is 2.50 bits per heavy atom. The SMILES string of the molecule is Cc1cccc(CCC(O)Cc2ccc(Cl)c(Cl)c2)c1. The number of hydrogen-bond acceptors (Lipinski definition) is 1. The number of hydrogen-bond donors (Lipinski definition) is 1. The zero-order chi connectivity index (χ0) is 14.5. The Morgan fingerprint density at radius 2 is 1.80 bits per heavy atom. The second-order valence-corrected chi connectivity index (χ2v) is 5.95. The van der Waals surface area contributed by atoms with Crippen molar-refractivity contribution < 1.29 is 5.11 Å².